The predicted octanol–water partition coefficient (Wildman–Crippen LogP) is 3.18. The van der Waals surface area contributed by atoms with Gasteiger partial charge in [-0.15, -0.1) is 12.4 Å². The molecule has 2 aromatic carbocycles. The maximum atomic E-state index is 13.7. The zero-order valence-electron chi connectivity index (χ0n) is 16.6. The third-order valence-corrected chi connectivity index (χ3v) is 5.63. The van der Waals surface area contributed by atoms with E-state index in [9.17, 15) is 9.18 Å². The molecule has 0 aliphatic carbocycles. The summed E-state index contributed by atoms with van der Waals surface area (Å²) in [6.07, 6.45) is 1.90. The van der Waals surface area contributed by atoms with Crippen molar-refractivity contribution in [2.45, 2.75) is 18.9 Å². The number of ether oxygens (including phenoxy) is 1. The number of nitrogens with zero attached hydrogens (tertiary/aromatic N) is 2. The van der Waals surface area contributed by atoms with E-state index >= 15 is 0 Å². The van der Waals surface area contributed by atoms with Crippen molar-refractivity contribution in [3.05, 3.63) is 59.4 Å². The molecule has 1 N–H and O–H groups in total. The number of nitrogens with one attached hydrogen (secondary N) is 1. The van der Waals surface area contributed by atoms with Crippen LogP contribution < -0.4 is 15.0 Å². The Morgan fingerprint density at radius 2 is 2.10 bits per heavy atom. The van der Waals surface area contributed by atoms with Crippen molar-refractivity contribution in [2.75, 3.05) is 44.7 Å². The van der Waals surface area contributed by atoms with E-state index in [-0.39, 0.29) is 30.2 Å². The zero-order chi connectivity index (χ0) is 19.5. The number of piperazine rings is 1. The van der Waals surface area contributed by atoms with Crippen LogP contribution in [-0.2, 0) is 11.2 Å². The summed E-state index contributed by atoms with van der Waals surface area (Å²) in [6, 6.07) is 12.6. The number of carbonyl (C=O) groups excluding carboxylic acids is 1. The number of hydrogen-bond donors (Lipinski definition) is 1. The molecule has 0 aromatic heterocycles. The number of benzene rings is 2. The number of rotatable bonds is 4. The molecule has 2 heterocycles. The molecule has 1 fully saturated rings. The monoisotopic (exact) mass is 419 g/mol. The third-order valence-electron chi connectivity index (χ3n) is 5.63. The van der Waals surface area contributed by atoms with Crippen LogP contribution in [0, 0.1) is 5.82 Å². The fourth-order valence-electron chi connectivity index (χ4n) is 4.20. The zero-order valence-corrected chi connectivity index (χ0v) is 17.4. The first kappa shape index (κ1) is 21.6. The Balaban J connectivity index is 0.00000240. The molecule has 2 aliphatic heterocycles. The Morgan fingerprint density at radius 3 is 2.90 bits per heavy atom. The molecule has 0 bridgehead atoms. The molecule has 1 atom stereocenters. The van der Waals surface area contributed by atoms with Crippen LogP contribution in [0.25, 0.3) is 0 Å². The number of carbonyl (C=O) groups is 1. The molecule has 5 nitrogen and oxygen atoms in total. The average molecular weight is 420 g/mol. The van der Waals surface area contributed by atoms with Gasteiger partial charge in [0, 0.05) is 37.9 Å². The van der Waals surface area contributed by atoms with Crippen LogP contribution in [0.1, 0.15) is 23.6 Å². The average Bonchev–Trinajstić information content (AvgIpc) is 2.73. The largest absolute Gasteiger partial charge is 0.497 e. The predicted molar refractivity (Wildman–Crippen MR) is 114 cm³/mol. The lowest BCUT2D eigenvalue weighted by molar-refractivity contribution is -0.120. The Labute approximate surface area is 177 Å². The number of fused-ring (bicyclic) bond motifs is 1. The Bertz CT molecular complexity index is 864. The SMILES string of the molecule is COc1ccc2c(c1)CCCN2C(=O)CN1CCNCC1c1cccc(F)c1.Cl. The maximum absolute atomic E-state index is 13.7. The lowest BCUT2D eigenvalue weighted by atomic mass is 10.0. The molecule has 4 rings (SSSR count). The number of aryl methyl sites for hydroxylation is 1. The fraction of sp³-hybridized carbons (Fsp3) is 0.409. The van der Waals surface area contributed by atoms with Gasteiger partial charge in [-0.1, -0.05) is 12.1 Å². The van der Waals surface area contributed by atoms with Gasteiger partial charge in [0.1, 0.15) is 11.6 Å². The van der Waals surface area contributed by atoms with E-state index < -0.39 is 0 Å². The van der Waals surface area contributed by atoms with Crippen LogP contribution in [0.15, 0.2) is 42.5 Å². The summed E-state index contributed by atoms with van der Waals surface area (Å²) < 4.78 is 19.0. The van der Waals surface area contributed by atoms with Crippen molar-refractivity contribution in [1.82, 2.24) is 10.2 Å². The van der Waals surface area contributed by atoms with E-state index in [0.717, 1.165) is 55.0 Å². The summed E-state index contributed by atoms with van der Waals surface area (Å²) >= 11 is 0. The van der Waals surface area contributed by atoms with Gasteiger partial charge >= 0.3 is 0 Å². The highest BCUT2D eigenvalue weighted by molar-refractivity contribution is 5.96. The van der Waals surface area contributed by atoms with Gasteiger partial charge in [-0.2, -0.15) is 0 Å². The molecular formula is C22H27ClFN3O2. The first-order valence-corrected chi connectivity index (χ1v) is 9.83. The van der Waals surface area contributed by atoms with E-state index in [1.807, 2.05) is 29.2 Å². The van der Waals surface area contributed by atoms with Crippen molar-refractivity contribution in [1.29, 1.82) is 0 Å². The van der Waals surface area contributed by atoms with E-state index in [1.54, 1.807) is 19.2 Å². The van der Waals surface area contributed by atoms with Gasteiger partial charge in [0.2, 0.25) is 5.91 Å². The van der Waals surface area contributed by atoms with Crippen molar-refractivity contribution in [3.63, 3.8) is 0 Å². The minimum atomic E-state index is -0.242. The molecule has 7 heteroatoms. The van der Waals surface area contributed by atoms with Crippen molar-refractivity contribution >= 4 is 24.0 Å². The van der Waals surface area contributed by atoms with Crippen molar-refractivity contribution in [2.24, 2.45) is 0 Å². The lowest BCUT2D eigenvalue weighted by Crippen LogP contribution is -2.50. The van der Waals surface area contributed by atoms with Crippen molar-refractivity contribution < 1.29 is 13.9 Å². The molecular weight excluding hydrogens is 393 g/mol. The fourth-order valence-corrected chi connectivity index (χ4v) is 4.20. The molecule has 0 saturated carbocycles. The van der Waals surface area contributed by atoms with E-state index in [0.29, 0.717) is 13.1 Å². The third kappa shape index (κ3) is 4.71. The summed E-state index contributed by atoms with van der Waals surface area (Å²) in [6.45, 7) is 3.36. The first-order valence-electron chi connectivity index (χ1n) is 9.83. The van der Waals surface area contributed by atoms with E-state index in [4.69, 9.17) is 4.74 Å². The second-order valence-electron chi connectivity index (χ2n) is 7.39. The van der Waals surface area contributed by atoms with Crippen LogP contribution in [-0.4, -0.2) is 50.6 Å². The van der Waals surface area contributed by atoms with Gasteiger partial charge in [-0.3, -0.25) is 9.69 Å². The van der Waals surface area contributed by atoms with Crippen LogP contribution in [0.5, 0.6) is 5.75 Å². The van der Waals surface area contributed by atoms with Gasteiger partial charge in [0.05, 0.1) is 13.7 Å². The normalized spacial score (nSPS) is 19.2. The topological polar surface area (TPSA) is 44.8 Å². The highest BCUT2D eigenvalue weighted by Crippen LogP contribution is 2.31. The summed E-state index contributed by atoms with van der Waals surface area (Å²) in [5.74, 6) is 0.670. The minimum absolute atomic E-state index is 0. The van der Waals surface area contributed by atoms with Gasteiger partial charge in [0.15, 0.2) is 0 Å². The van der Waals surface area contributed by atoms with E-state index in [2.05, 4.69) is 10.2 Å². The smallest absolute Gasteiger partial charge is 0.241 e. The summed E-state index contributed by atoms with van der Waals surface area (Å²) in [5.41, 5.74) is 3.04. The second-order valence-corrected chi connectivity index (χ2v) is 7.39. The summed E-state index contributed by atoms with van der Waals surface area (Å²) in [7, 11) is 1.66. The number of anilines is 1. The van der Waals surface area contributed by atoms with E-state index in [1.165, 1.54) is 6.07 Å². The molecule has 29 heavy (non-hydrogen) atoms. The Kier molecular flexibility index (Phi) is 7.11. The highest BCUT2D eigenvalue weighted by atomic mass is 35.5. The quantitative estimate of drug-likeness (QED) is 0.826. The van der Waals surface area contributed by atoms with Crippen LogP contribution in [0.3, 0.4) is 0 Å². The van der Waals surface area contributed by atoms with Gasteiger partial charge in [0.25, 0.3) is 0 Å². The second kappa shape index (κ2) is 9.57. The van der Waals surface area contributed by atoms with Gasteiger partial charge in [-0.05, 0) is 54.3 Å². The van der Waals surface area contributed by atoms with Gasteiger partial charge < -0.3 is 15.0 Å². The lowest BCUT2D eigenvalue weighted by Gasteiger charge is -2.38. The molecule has 2 aliphatic rings. The standard InChI is InChI=1S/C22H26FN3O2.ClH/c1-28-19-7-8-20-17(13-19)5-3-10-26(20)22(27)15-25-11-9-24-14-21(25)16-4-2-6-18(23)12-16;/h2,4,6-8,12-13,21,24H,3,5,9-11,14-15H2,1H3;1H. The Morgan fingerprint density at radius 1 is 1.24 bits per heavy atom. The summed E-state index contributed by atoms with van der Waals surface area (Å²) in [4.78, 5) is 17.2. The maximum Gasteiger partial charge on any atom is 0.241 e. The highest BCUT2D eigenvalue weighted by Gasteiger charge is 2.29. The molecule has 156 valence electrons. The number of amides is 1. The number of methoxy groups -OCH3 is 1. The molecule has 0 radical (unpaired) electrons. The molecule has 1 amide bonds. The van der Waals surface area contributed by atoms with Crippen LogP contribution >= 0.6 is 12.4 Å². The number of hydrogen-bond acceptors (Lipinski definition) is 4. The molecule has 0 spiro atoms. The Hall–Kier alpha value is -2.15. The molecule has 1 unspecified atom stereocenters. The van der Waals surface area contributed by atoms with Crippen LogP contribution in [0.2, 0.25) is 0 Å². The summed E-state index contributed by atoms with van der Waals surface area (Å²) in [5, 5.41) is 3.36. The first-order chi connectivity index (χ1) is 13.7. The van der Waals surface area contributed by atoms with Gasteiger partial charge in [-0.25, -0.2) is 4.39 Å². The molecule has 2 aromatic rings. The van der Waals surface area contributed by atoms with Crippen molar-refractivity contribution in [3.8, 4) is 5.75 Å². The number of halogens is 2. The minimum Gasteiger partial charge on any atom is -0.497 e. The van der Waals surface area contributed by atoms with Crippen LogP contribution in [0.4, 0.5) is 10.1 Å². The molecule has 1 saturated heterocycles.